The van der Waals surface area contributed by atoms with E-state index in [0.29, 0.717) is 12.3 Å². The second kappa shape index (κ2) is 5.76. The second-order valence-corrected chi connectivity index (χ2v) is 7.80. The Hall–Kier alpha value is -0.660. The molecule has 6 nitrogen and oxygen atoms in total. The Balaban J connectivity index is 1.96. The Kier molecular flexibility index (Phi) is 4.47. The standard InChI is InChI=1S/C12H22N2O4S/c13-11(9-1-2-9)7-12(16)14(4-5-15)10-3-6-19(17,18)8-10/h9-11,15H,1-8,13H2. The van der Waals surface area contributed by atoms with Crippen LogP contribution in [0.2, 0.25) is 0 Å². The minimum Gasteiger partial charge on any atom is -0.395 e. The lowest BCUT2D eigenvalue weighted by Gasteiger charge is -2.28. The maximum absolute atomic E-state index is 12.2. The van der Waals surface area contributed by atoms with Crippen LogP contribution in [0.15, 0.2) is 0 Å². The molecule has 2 fully saturated rings. The van der Waals surface area contributed by atoms with Crippen LogP contribution in [-0.4, -0.2) is 61.1 Å². The first-order chi connectivity index (χ1) is 8.93. The van der Waals surface area contributed by atoms with Gasteiger partial charge in [0, 0.05) is 25.0 Å². The van der Waals surface area contributed by atoms with E-state index >= 15 is 0 Å². The Morgan fingerprint density at radius 3 is 2.53 bits per heavy atom. The van der Waals surface area contributed by atoms with Crippen LogP contribution >= 0.6 is 0 Å². The molecular weight excluding hydrogens is 268 g/mol. The summed E-state index contributed by atoms with van der Waals surface area (Å²) in [4.78, 5) is 13.7. The molecule has 0 radical (unpaired) electrons. The lowest BCUT2D eigenvalue weighted by Crippen LogP contribution is -2.45. The molecule has 2 unspecified atom stereocenters. The van der Waals surface area contributed by atoms with Gasteiger partial charge in [0.1, 0.15) is 0 Å². The van der Waals surface area contributed by atoms with Crippen molar-refractivity contribution in [3.63, 3.8) is 0 Å². The van der Waals surface area contributed by atoms with Crippen LogP contribution in [0.25, 0.3) is 0 Å². The number of amides is 1. The van der Waals surface area contributed by atoms with Gasteiger partial charge < -0.3 is 15.7 Å². The fourth-order valence-corrected chi connectivity index (χ4v) is 4.38. The van der Waals surface area contributed by atoms with Crippen LogP contribution in [0.5, 0.6) is 0 Å². The van der Waals surface area contributed by atoms with E-state index in [2.05, 4.69) is 0 Å². The van der Waals surface area contributed by atoms with Gasteiger partial charge in [-0.1, -0.05) is 0 Å². The molecule has 1 aliphatic carbocycles. The number of hydrogen-bond donors (Lipinski definition) is 2. The molecule has 1 saturated carbocycles. The average molecular weight is 290 g/mol. The molecule has 1 amide bonds. The van der Waals surface area contributed by atoms with Gasteiger partial charge in [-0.2, -0.15) is 0 Å². The van der Waals surface area contributed by atoms with Crippen LogP contribution in [-0.2, 0) is 14.6 Å². The molecule has 0 bridgehead atoms. The van der Waals surface area contributed by atoms with Gasteiger partial charge in [-0.25, -0.2) is 8.42 Å². The van der Waals surface area contributed by atoms with Gasteiger partial charge in [0.05, 0.1) is 18.1 Å². The minimum absolute atomic E-state index is 0.0113. The summed E-state index contributed by atoms with van der Waals surface area (Å²) < 4.78 is 23.0. The maximum Gasteiger partial charge on any atom is 0.224 e. The fraction of sp³-hybridized carbons (Fsp3) is 0.917. The molecule has 0 aromatic rings. The van der Waals surface area contributed by atoms with Crippen molar-refractivity contribution in [3.05, 3.63) is 0 Å². The van der Waals surface area contributed by atoms with Crippen molar-refractivity contribution < 1.29 is 18.3 Å². The summed E-state index contributed by atoms with van der Waals surface area (Å²) in [6, 6.07) is -0.428. The lowest BCUT2D eigenvalue weighted by molar-refractivity contribution is -0.134. The number of sulfone groups is 1. The van der Waals surface area contributed by atoms with Crippen molar-refractivity contribution in [2.45, 2.75) is 37.8 Å². The van der Waals surface area contributed by atoms with E-state index in [0.717, 1.165) is 12.8 Å². The van der Waals surface area contributed by atoms with E-state index < -0.39 is 9.84 Å². The quantitative estimate of drug-likeness (QED) is 0.662. The molecule has 110 valence electrons. The molecule has 0 aromatic heterocycles. The topological polar surface area (TPSA) is 101 Å². The molecular formula is C12H22N2O4S. The molecule has 1 aliphatic heterocycles. The van der Waals surface area contributed by atoms with Gasteiger partial charge in [0.2, 0.25) is 5.91 Å². The monoisotopic (exact) mass is 290 g/mol. The van der Waals surface area contributed by atoms with Crippen LogP contribution in [0, 0.1) is 5.92 Å². The lowest BCUT2D eigenvalue weighted by atomic mass is 10.1. The first-order valence-corrected chi connectivity index (χ1v) is 8.61. The largest absolute Gasteiger partial charge is 0.395 e. The summed E-state index contributed by atoms with van der Waals surface area (Å²) in [5.41, 5.74) is 5.94. The third-order valence-electron chi connectivity index (χ3n) is 3.95. The third kappa shape index (κ3) is 3.90. The van der Waals surface area contributed by atoms with E-state index in [4.69, 9.17) is 10.8 Å². The SMILES string of the molecule is NC(CC(=O)N(CCO)C1CCS(=O)(=O)C1)C1CC1. The minimum atomic E-state index is -3.03. The van der Waals surface area contributed by atoms with Crippen molar-refractivity contribution in [1.29, 1.82) is 0 Å². The van der Waals surface area contributed by atoms with Crippen molar-refractivity contribution in [3.8, 4) is 0 Å². The van der Waals surface area contributed by atoms with E-state index in [9.17, 15) is 13.2 Å². The number of carbonyl (C=O) groups excluding carboxylic acids is 1. The summed E-state index contributed by atoms with van der Waals surface area (Å²) >= 11 is 0. The predicted octanol–water partition coefficient (Wildman–Crippen LogP) is -0.878. The first-order valence-electron chi connectivity index (χ1n) is 6.79. The molecule has 7 heteroatoms. The molecule has 1 heterocycles. The molecule has 3 N–H and O–H groups in total. The highest BCUT2D eigenvalue weighted by molar-refractivity contribution is 7.91. The molecule has 19 heavy (non-hydrogen) atoms. The number of hydrogen-bond acceptors (Lipinski definition) is 5. The van der Waals surface area contributed by atoms with E-state index in [-0.39, 0.29) is 49.1 Å². The number of carbonyl (C=O) groups is 1. The Labute approximate surface area is 113 Å². The Morgan fingerprint density at radius 2 is 2.05 bits per heavy atom. The van der Waals surface area contributed by atoms with E-state index in [1.807, 2.05) is 0 Å². The summed E-state index contributed by atoms with van der Waals surface area (Å²) in [5, 5.41) is 9.06. The van der Waals surface area contributed by atoms with E-state index in [1.165, 1.54) is 4.90 Å². The van der Waals surface area contributed by atoms with Gasteiger partial charge in [-0.15, -0.1) is 0 Å². The highest BCUT2D eigenvalue weighted by atomic mass is 32.2. The first kappa shape index (κ1) is 14.7. The number of rotatable bonds is 6. The fourth-order valence-electron chi connectivity index (χ4n) is 2.65. The van der Waals surface area contributed by atoms with Crippen LogP contribution in [0.1, 0.15) is 25.7 Å². The number of aliphatic hydroxyl groups is 1. The van der Waals surface area contributed by atoms with Gasteiger partial charge in [0.25, 0.3) is 0 Å². The number of aliphatic hydroxyl groups excluding tert-OH is 1. The highest BCUT2D eigenvalue weighted by Crippen LogP contribution is 2.33. The Morgan fingerprint density at radius 1 is 1.37 bits per heavy atom. The van der Waals surface area contributed by atoms with E-state index in [1.54, 1.807) is 0 Å². The van der Waals surface area contributed by atoms with Crippen LogP contribution in [0.3, 0.4) is 0 Å². The van der Waals surface area contributed by atoms with Crippen LogP contribution in [0.4, 0.5) is 0 Å². The summed E-state index contributed by atoms with van der Waals surface area (Å²) in [6.45, 7) is 0.0390. The van der Waals surface area contributed by atoms with Crippen molar-refractivity contribution in [2.75, 3.05) is 24.7 Å². The zero-order chi connectivity index (χ0) is 14.0. The summed E-state index contributed by atoms with van der Waals surface area (Å²) in [5.74, 6) is 0.446. The molecule has 2 atom stereocenters. The maximum atomic E-state index is 12.2. The van der Waals surface area contributed by atoms with Gasteiger partial charge >= 0.3 is 0 Å². The molecule has 0 spiro atoms. The summed E-state index contributed by atoms with van der Waals surface area (Å²) in [6.07, 6.45) is 2.87. The second-order valence-electron chi connectivity index (χ2n) is 5.57. The van der Waals surface area contributed by atoms with Crippen molar-refractivity contribution in [1.82, 2.24) is 4.90 Å². The number of nitrogens with zero attached hydrogens (tertiary/aromatic N) is 1. The smallest absolute Gasteiger partial charge is 0.224 e. The summed E-state index contributed by atoms with van der Waals surface area (Å²) in [7, 11) is -3.03. The molecule has 2 aliphatic rings. The van der Waals surface area contributed by atoms with Crippen molar-refractivity contribution in [2.24, 2.45) is 11.7 Å². The average Bonchev–Trinajstić information content (AvgIpc) is 3.11. The third-order valence-corrected chi connectivity index (χ3v) is 5.70. The normalized spacial score (nSPS) is 27.2. The van der Waals surface area contributed by atoms with Gasteiger partial charge in [-0.3, -0.25) is 4.79 Å². The Bertz CT molecular complexity index is 433. The van der Waals surface area contributed by atoms with Crippen LogP contribution < -0.4 is 5.73 Å². The number of nitrogens with two attached hydrogens (primary N) is 1. The molecule has 1 saturated heterocycles. The zero-order valence-electron chi connectivity index (χ0n) is 11.0. The molecule has 0 aromatic carbocycles. The predicted molar refractivity (Wildman–Crippen MR) is 71.2 cm³/mol. The van der Waals surface area contributed by atoms with Crippen molar-refractivity contribution >= 4 is 15.7 Å². The zero-order valence-corrected chi connectivity index (χ0v) is 11.8. The molecule has 2 rings (SSSR count). The van der Waals surface area contributed by atoms with Gasteiger partial charge in [0.15, 0.2) is 9.84 Å². The highest BCUT2D eigenvalue weighted by Gasteiger charge is 2.36. The van der Waals surface area contributed by atoms with Gasteiger partial charge in [-0.05, 0) is 25.2 Å².